The number of fused-ring (bicyclic) bond motifs is 1. The van der Waals surface area contributed by atoms with E-state index in [4.69, 9.17) is 4.74 Å². The minimum atomic E-state index is -0.234. The van der Waals surface area contributed by atoms with Gasteiger partial charge in [-0.15, -0.1) is 0 Å². The van der Waals surface area contributed by atoms with Crippen molar-refractivity contribution in [3.8, 4) is 11.1 Å². The van der Waals surface area contributed by atoms with Crippen LogP contribution in [0.25, 0.3) is 22.0 Å². The molecule has 5 nitrogen and oxygen atoms in total. The smallest absolute Gasteiger partial charge is 0.228 e. The highest BCUT2D eigenvalue weighted by atomic mass is 19.1. The Morgan fingerprint density at radius 2 is 1.85 bits per heavy atom. The van der Waals surface area contributed by atoms with Gasteiger partial charge in [0.25, 0.3) is 0 Å². The molecule has 0 radical (unpaired) electrons. The van der Waals surface area contributed by atoms with Crippen LogP contribution in [0.15, 0.2) is 79.0 Å². The summed E-state index contributed by atoms with van der Waals surface area (Å²) < 4.78 is 21.1. The number of aromatic nitrogens is 1. The third-order valence-corrected chi connectivity index (χ3v) is 8.52. The maximum atomic E-state index is 14.3. The van der Waals surface area contributed by atoms with Gasteiger partial charge < -0.3 is 19.5 Å². The van der Waals surface area contributed by atoms with Gasteiger partial charge in [-0.1, -0.05) is 54.6 Å². The molecule has 1 amide bonds. The topological polar surface area (TPSA) is 46.5 Å². The first-order valence-corrected chi connectivity index (χ1v) is 14.5. The van der Waals surface area contributed by atoms with E-state index in [1.165, 1.54) is 34.2 Å². The summed E-state index contributed by atoms with van der Waals surface area (Å²) in [5.74, 6) is 0.0453. The van der Waals surface area contributed by atoms with Crippen molar-refractivity contribution < 1.29 is 13.9 Å². The van der Waals surface area contributed by atoms with Crippen LogP contribution in [0.5, 0.6) is 0 Å². The molecule has 0 bridgehead atoms. The van der Waals surface area contributed by atoms with Crippen molar-refractivity contribution >= 4 is 16.8 Å². The molecule has 2 aliphatic rings. The lowest BCUT2D eigenvalue weighted by Gasteiger charge is -2.36. The Labute approximate surface area is 235 Å². The van der Waals surface area contributed by atoms with Crippen LogP contribution in [0, 0.1) is 11.7 Å². The number of rotatable bonds is 10. The predicted molar refractivity (Wildman–Crippen MR) is 158 cm³/mol. The predicted octanol–water partition coefficient (Wildman–Crippen LogP) is 6.37. The number of methoxy groups -OCH3 is 1. The number of hydrogen-bond acceptors (Lipinski definition) is 3. The number of nitrogens with zero attached hydrogens (tertiary/aromatic N) is 2. The Hall–Kier alpha value is -3.48. The highest BCUT2D eigenvalue weighted by Gasteiger charge is 2.40. The summed E-state index contributed by atoms with van der Waals surface area (Å²) in [5, 5.41) is 4.73. The van der Waals surface area contributed by atoms with Gasteiger partial charge in [0.1, 0.15) is 5.82 Å². The van der Waals surface area contributed by atoms with Crippen LogP contribution in [0.2, 0.25) is 0 Å². The molecule has 40 heavy (non-hydrogen) atoms. The fourth-order valence-corrected chi connectivity index (χ4v) is 6.29. The number of carbonyl (C=O) groups excluding carboxylic acids is 1. The van der Waals surface area contributed by atoms with Gasteiger partial charge in [0, 0.05) is 56.5 Å². The van der Waals surface area contributed by atoms with E-state index in [-0.39, 0.29) is 23.6 Å². The fraction of sp³-hybridized carbons (Fsp3) is 0.382. The van der Waals surface area contributed by atoms with E-state index in [2.05, 4.69) is 69.5 Å². The first-order valence-electron chi connectivity index (χ1n) is 14.5. The third-order valence-electron chi connectivity index (χ3n) is 8.52. The van der Waals surface area contributed by atoms with Gasteiger partial charge in [-0.05, 0) is 78.6 Å². The van der Waals surface area contributed by atoms with E-state index < -0.39 is 0 Å². The van der Waals surface area contributed by atoms with E-state index in [9.17, 15) is 9.18 Å². The third kappa shape index (κ3) is 5.70. The van der Waals surface area contributed by atoms with E-state index in [1.807, 2.05) is 12.1 Å². The highest BCUT2D eigenvalue weighted by Crippen LogP contribution is 2.38. The van der Waals surface area contributed by atoms with Crippen molar-refractivity contribution in [2.45, 2.75) is 50.7 Å². The zero-order valence-electron chi connectivity index (χ0n) is 23.2. The van der Waals surface area contributed by atoms with Gasteiger partial charge in [0.2, 0.25) is 5.91 Å². The number of carbonyl (C=O) groups is 1. The molecular weight excluding hydrogens is 501 g/mol. The lowest BCUT2D eigenvalue weighted by Crippen LogP contribution is -2.47. The number of amides is 1. The largest absolute Gasteiger partial charge is 0.385 e. The number of aryl methyl sites for hydroxylation is 1. The van der Waals surface area contributed by atoms with E-state index in [0.717, 1.165) is 56.5 Å². The summed E-state index contributed by atoms with van der Waals surface area (Å²) in [7, 11) is 1.74. The second kappa shape index (κ2) is 11.9. The summed E-state index contributed by atoms with van der Waals surface area (Å²) >= 11 is 0. The van der Waals surface area contributed by atoms with Gasteiger partial charge in [0.05, 0.1) is 5.92 Å². The molecule has 208 valence electrons. The van der Waals surface area contributed by atoms with Crippen LogP contribution < -0.4 is 5.32 Å². The molecule has 2 fully saturated rings. The van der Waals surface area contributed by atoms with E-state index >= 15 is 0 Å². The molecule has 0 spiro atoms. The quantitative estimate of drug-likeness (QED) is 0.238. The Morgan fingerprint density at radius 3 is 2.65 bits per heavy atom. The van der Waals surface area contributed by atoms with Crippen LogP contribution in [0.3, 0.4) is 0 Å². The number of halogens is 1. The molecule has 1 saturated heterocycles. The van der Waals surface area contributed by atoms with Crippen LogP contribution in [-0.2, 0) is 22.6 Å². The molecule has 2 heterocycles. The summed E-state index contributed by atoms with van der Waals surface area (Å²) in [6, 6.07) is 24.0. The fourth-order valence-electron chi connectivity index (χ4n) is 6.29. The number of benzene rings is 3. The Morgan fingerprint density at radius 1 is 1.02 bits per heavy atom. The molecule has 6 heteroatoms. The Bertz CT molecular complexity index is 1460. The average molecular weight is 540 g/mol. The molecular formula is C34H38FN3O2. The maximum absolute atomic E-state index is 14.3. The van der Waals surface area contributed by atoms with Crippen molar-refractivity contribution in [3.63, 3.8) is 0 Å². The number of para-hydroxylation sites is 1. The second-order valence-corrected chi connectivity index (χ2v) is 11.2. The molecule has 0 unspecified atom stereocenters. The molecule has 3 aromatic carbocycles. The molecule has 2 atom stereocenters. The van der Waals surface area contributed by atoms with Crippen molar-refractivity contribution in [2.24, 2.45) is 5.92 Å². The number of hydrogen-bond donors (Lipinski definition) is 1. The van der Waals surface area contributed by atoms with Crippen LogP contribution in [0.1, 0.15) is 42.7 Å². The minimum absolute atomic E-state index is 0.118. The monoisotopic (exact) mass is 539 g/mol. The number of nitrogens with one attached hydrogen (secondary N) is 1. The summed E-state index contributed by atoms with van der Waals surface area (Å²) in [6.45, 7) is 3.84. The highest BCUT2D eigenvalue weighted by molar-refractivity contribution is 5.86. The molecule has 1 aromatic heterocycles. The van der Waals surface area contributed by atoms with Gasteiger partial charge in [-0.25, -0.2) is 4.39 Å². The summed E-state index contributed by atoms with van der Waals surface area (Å²) in [4.78, 5) is 16.5. The SMILES string of the molecule is COCCCn1cc(CN(C(=O)[C@H]2CNCC[C@@H]2c2cccc(-c3ccc(F)cc3)c2)C2CC2)c2ccccc21. The van der Waals surface area contributed by atoms with Gasteiger partial charge in [0.15, 0.2) is 0 Å². The van der Waals surface area contributed by atoms with Crippen molar-refractivity contribution in [1.29, 1.82) is 0 Å². The van der Waals surface area contributed by atoms with Gasteiger partial charge in [-0.2, -0.15) is 0 Å². The minimum Gasteiger partial charge on any atom is -0.385 e. The van der Waals surface area contributed by atoms with Crippen LogP contribution in [0.4, 0.5) is 4.39 Å². The molecule has 1 saturated carbocycles. The number of ether oxygens (including phenoxy) is 1. The Balaban J connectivity index is 1.26. The normalized spacial score (nSPS) is 19.1. The standard InChI is InChI=1S/C34H38FN3O2/c1-40-19-5-18-37-22-27(31-8-2-3-9-33(31)37)23-38(29-14-15-29)34(39)32-21-36-17-16-30(32)26-7-4-6-25(20-26)24-10-12-28(35)13-11-24/h2-4,6-13,20,22,29-30,32,36H,5,14-19,21,23H2,1H3/t30-,32+/m1/s1. The summed E-state index contributed by atoms with van der Waals surface area (Å²) in [6.07, 6.45) is 6.25. The van der Waals surface area contributed by atoms with Gasteiger partial charge in [-0.3, -0.25) is 4.79 Å². The first-order chi connectivity index (χ1) is 19.6. The van der Waals surface area contributed by atoms with Crippen LogP contribution >= 0.6 is 0 Å². The van der Waals surface area contributed by atoms with Gasteiger partial charge >= 0.3 is 0 Å². The van der Waals surface area contributed by atoms with E-state index in [0.29, 0.717) is 19.1 Å². The molecule has 1 N–H and O–H groups in total. The first kappa shape index (κ1) is 26.7. The average Bonchev–Trinajstić information content (AvgIpc) is 3.78. The number of piperidine rings is 1. The lowest BCUT2D eigenvalue weighted by atomic mass is 9.79. The van der Waals surface area contributed by atoms with Crippen molar-refractivity contribution in [1.82, 2.24) is 14.8 Å². The zero-order chi connectivity index (χ0) is 27.5. The second-order valence-electron chi connectivity index (χ2n) is 11.2. The molecule has 4 aromatic rings. The molecule has 1 aliphatic heterocycles. The Kier molecular flexibility index (Phi) is 7.98. The molecule has 6 rings (SSSR count). The van der Waals surface area contributed by atoms with Crippen molar-refractivity contribution in [3.05, 3.63) is 95.9 Å². The van der Waals surface area contributed by atoms with Crippen LogP contribution in [-0.4, -0.2) is 48.2 Å². The zero-order valence-corrected chi connectivity index (χ0v) is 23.2. The lowest BCUT2D eigenvalue weighted by molar-refractivity contribution is -0.138. The van der Waals surface area contributed by atoms with E-state index in [1.54, 1.807) is 7.11 Å². The maximum Gasteiger partial charge on any atom is 0.228 e. The molecule has 1 aliphatic carbocycles. The summed E-state index contributed by atoms with van der Waals surface area (Å²) in [5.41, 5.74) is 5.66. The van der Waals surface area contributed by atoms with Crippen molar-refractivity contribution in [2.75, 3.05) is 26.8 Å².